The molecule has 11 nitrogen and oxygen atoms in total. The summed E-state index contributed by atoms with van der Waals surface area (Å²) in [6.45, 7) is 5.20. The first kappa shape index (κ1) is 26.4. The predicted octanol–water partition coefficient (Wildman–Crippen LogP) is 1.98. The molecule has 0 radical (unpaired) electrons. The van der Waals surface area contributed by atoms with E-state index in [9.17, 15) is 14.7 Å². The number of carbonyl (C=O) groups is 2. The summed E-state index contributed by atoms with van der Waals surface area (Å²) in [5.74, 6) is 0.505. The molecule has 2 N–H and O–H groups in total. The number of methoxy groups -OCH3 is 1. The van der Waals surface area contributed by atoms with E-state index >= 15 is 0 Å². The maximum atomic E-state index is 13.0. The molecule has 1 aromatic carbocycles. The van der Waals surface area contributed by atoms with Crippen molar-refractivity contribution in [1.82, 2.24) is 24.8 Å². The zero-order chi connectivity index (χ0) is 25.4. The first-order valence-electron chi connectivity index (χ1n) is 11.9. The monoisotopic (exact) mass is 488 g/mol. The van der Waals surface area contributed by atoms with E-state index in [2.05, 4.69) is 15.6 Å². The Balaban J connectivity index is 1.75. The van der Waals surface area contributed by atoms with Crippen LogP contribution in [-0.2, 0) is 22.7 Å². The fourth-order valence-electron chi connectivity index (χ4n) is 3.97. The van der Waals surface area contributed by atoms with Crippen LogP contribution in [0.1, 0.15) is 32.4 Å². The molecule has 3 rings (SSSR count). The van der Waals surface area contributed by atoms with Crippen molar-refractivity contribution in [1.29, 1.82) is 0 Å². The fraction of sp³-hybridized carbons (Fsp3) is 0.583. The third-order valence-electron chi connectivity index (χ3n) is 6.17. The maximum Gasteiger partial charge on any atom is 0.321 e. The van der Waals surface area contributed by atoms with E-state index in [4.69, 9.17) is 9.47 Å². The summed E-state index contributed by atoms with van der Waals surface area (Å²) >= 11 is 0. The van der Waals surface area contributed by atoms with Gasteiger partial charge >= 0.3 is 6.03 Å². The normalized spacial score (nSPS) is 20.3. The number of hydrogen-bond donors (Lipinski definition) is 2. The van der Waals surface area contributed by atoms with Gasteiger partial charge in [-0.15, -0.1) is 5.10 Å². The lowest BCUT2D eigenvalue weighted by Gasteiger charge is -2.35. The molecule has 3 amide bonds. The van der Waals surface area contributed by atoms with Gasteiger partial charge in [0.15, 0.2) is 0 Å². The number of anilines is 1. The Kier molecular flexibility index (Phi) is 9.44. The first-order valence-corrected chi connectivity index (χ1v) is 11.9. The van der Waals surface area contributed by atoms with Crippen molar-refractivity contribution in [2.75, 3.05) is 39.2 Å². The number of nitrogens with one attached hydrogen (secondary N) is 1. The number of aromatic nitrogens is 3. The van der Waals surface area contributed by atoms with Crippen molar-refractivity contribution in [2.45, 2.75) is 52.0 Å². The van der Waals surface area contributed by atoms with Crippen LogP contribution in [0.25, 0.3) is 0 Å². The van der Waals surface area contributed by atoms with E-state index in [0.717, 1.165) is 0 Å². The van der Waals surface area contributed by atoms with Gasteiger partial charge in [0.25, 0.3) is 0 Å². The van der Waals surface area contributed by atoms with Crippen molar-refractivity contribution in [3.05, 3.63) is 36.2 Å². The van der Waals surface area contributed by atoms with Gasteiger partial charge in [0, 0.05) is 50.8 Å². The number of nitrogens with zero attached hydrogens (tertiary/aromatic N) is 5. The molecule has 35 heavy (non-hydrogen) atoms. The van der Waals surface area contributed by atoms with Crippen molar-refractivity contribution < 1.29 is 24.2 Å². The van der Waals surface area contributed by atoms with Crippen LogP contribution in [0.2, 0.25) is 0 Å². The lowest BCUT2D eigenvalue weighted by atomic mass is 10.0. The van der Waals surface area contributed by atoms with E-state index in [0.29, 0.717) is 49.6 Å². The van der Waals surface area contributed by atoms with Crippen LogP contribution in [0.15, 0.2) is 30.5 Å². The number of rotatable bonds is 6. The summed E-state index contributed by atoms with van der Waals surface area (Å²) in [6, 6.07) is 6.53. The number of fused-ring (bicyclic) bond motifs is 2. The van der Waals surface area contributed by atoms with Crippen LogP contribution in [0, 0.1) is 5.92 Å². The molecule has 1 aromatic heterocycles. The highest BCUT2D eigenvalue weighted by Crippen LogP contribution is 2.19. The van der Waals surface area contributed by atoms with Crippen LogP contribution >= 0.6 is 0 Å². The molecule has 2 bridgehead atoms. The molecule has 0 spiro atoms. The van der Waals surface area contributed by atoms with Gasteiger partial charge in [0.1, 0.15) is 11.4 Å². The minimum atomic E-state index is -0.386. The number of carbonyl (C=O) groups excluding carboxylic acids is 2. The smallest absolute Gasteiger partial charge is 0.321 e. The van der Waals surface area contributed by atoms with Crippen molar-refractivity contribution in [3.8, 4) is 5.75 Å². The van der Waals surface area contributed by atoms with Crippen LogP contribution in [0.3, 0.4) is 0 Å². The molecule has 192 valence electrons. The van der Waals surface area contributed by atoms with Crippen molar-refractivity contribution in [2.24, 2.45) is 5.92 Å². The Bertz CT molecular complexity index is 983. The summed E-state index contributed by atoms with van der Waals surface area (Å²) in [6.07, 6.45) is 2.41. The predicted molar refractivity (Wildman–Crippen MR) is 130 cm³/mol. The van der Waals surface area contributed by atoms with Gasteiger partial charge in [-0.2, -0.15) is 0 Å². The van der Waals surface area contributed by atoms with Gasteiger partial charge in [-0.05, 0) is 25.5 Å². The molecular formula is C24H36N6O5. The zero-order valence-electron chi connectivity index (χ0n) is 20.9. The SMILES string of the molecule is COc1cccc(NC(=O)N(C)C[C@H]2OCc3cn(nn3)CCCC(=O)N([C@@H](C)CO)C[C@@H]2C)c1. The number of likely N-dealkylation sites (N-methyl/N-ethyl adjacent to an activating group) is 1. The van der Waals surface area contributed by atoms with Crippen molar-refractivity contribution >= 4 is 17.6 Å². The van der Waals surface area contributed by atoms with Crippen LogP contribution in [0.5, 0.6) is 5.75 Å². The number of hydrogen-bond acceptors (Lipinski definition) is 7. The largest absolute Gasteiger partial charge is 0.497 e. The molecule has 1 aliphatic rings. The standard InChI is InChI=1S/C24H36N6O5/c1-17-12-30(18(2)15-31)23(32)9-6-10-29-13-20(26-27-29)16-35-22(17)14-28(3)24(33)25-19-7-5-8-21(11-19)34-4/h5,7-8,11,13,17-18,22,31H,6,9-10,12,14-16H2,1-4H3,(H,25,33)/t17-,18-,22+/m0/s1. The van der Waals surface area contributed by atoms with Gasteiger partial charge in [-0.3, -0.25) is 9.48 Å². The third-order valence-corrected chi connectivity index (χ3v) is 6.17. The number of benzene rings is 1. The molecular weight excluding hydrogens is 452 g/mol. The topological polar surface area (TPSA) is 122 Å². The molecule has 11 heteroatoms. The number of aliphatic hydroxyl groups is 1. The Morgan fingerprint density at radius 1 is 1.43 bits per heavy atom. The third kappa shape index (κ3) is 7.40. The fourth-order valence-corrected chi connectivity index (χ4v) is 3.97. The molecule has 0 aliphatic carbocycles. The lowest BCUT2D eigenvalue weighted by Crippen LogP contribution is -2.48. The van der Waals surface area contributed by atoms with Crippen LogP contribution in [0.4, 0.5) is 10.5 Å². The second-order valence-corrected chi connectivity index (χ2v) is 9.02. The number of aryl methyl sites for hydroxylation is 1. The molecule has 1 aliphatic heterocycles. The number of aliphatic hydroxyl groups excluding tert-OH is 1. The van der Waals surface area contributed by atoms with Crippen LogP contribution in [-0.4, -0.2) is 87.8 Å². The van der Waals surface area contributed by atoms with Gasteiger partial charge in [-0.25, -0.2) is 4.79 Å². The van der Waals surface area contributed by atoms with Gasteiger partial charge in [0.05, 0.1) is 38.7 Å². The summed E-state index contributed by atoms with van der Waals surface area (Å²) in [7, 11) is 3.27. The van der Waals surface area contributed by atoms with E-state index < -0.39 is 0 Å². The molecule has 2 heterocycles. The second-order valence-electron chi connectivity index (χ2n) is 9.02. The highest BCUT2D eigenvalue weighted by Gasteiger charge is 2.28. The highest BCUT2D eigenvalue weighted by molar-refractivity contribution is 5.89. The lowest BCUT2D eigenvalue weighted by molar-refractivity contribution is -0.136. The number of ether oxygens (including phenoxy) is 2. The molecule has 0 unspecified atom stereocenters. The van der Waals surface area contributed by atoms with Gasteiger partial charge in [-0.1, -0.05) is 18.2 Å². The van der Waals surface area contributed by atoms with E-state index in [1.54, 1.807) is 52.9 Å². The minimum Gasteiger partial charge on any atom is -0.497 e. The summed E-state index contributed by atoms with van der Waals surface area (Å²) in [5, 5.41) is 20.9. The van der Waals surface area contributed by atoms with Crippen molar-refractivity contribution in [3.63, 3.8) is 0 Å². The summed E-state index contributed by atoms with van der Waals surface area (Å²) in [4.78, 5) is 29.1. The minimum absolute atomic E-state index is 0.0270. The first-order chi connectivity index (χ1) is 16.8. The molecule has 2 aromatic rings. The summed E-state index contributed by atoms with van der Waals surface area (Å²) in [5.41, 5.74) is 1.31. The quantitative estimate of drug-likeness (QED) is 0.637. The van der Waals surface area contributed by atoms with E-state index in [1.165, 1.54) is 0 Å². The maximum absolute atomic E-state index is 13.0. The van der Waals surface area contributed by atoms with Crippen LogP contribution < -0.4 is 10.1 Å². The number of amides is 3. The van der Waals surface area contributed by atoms with E-state index in [1.807, 2.05) is 20.0 Å². The Hall–Kier alpha value is -3.18. The van der Waals surface area contributed by atoms with Gasteiger partial charge in [0.2, 0.25) is 5.91 Å². The average molecular weight is 489 g/mol. The second kappa shape index (κ2) is 12.5. The van der Waals surface area contributed by atoms with E-state index in [-0.39, 0.29) is 43.2 Å². The zero-order valence-corrected chi connectivity index (χ0v) is 20.9. The molecule has 0 saturated carbocycles. The Labute approximate surface area is 206 Å². The van der Waals surface area contributed by atoms with Gasteiger partial charge < -0.3 is 29.7 Å². The molecule has 0 saturated heterocycles. The summed E-state index contributed by atoms with van der Waals surface area (Å²) < 4.78 is 13.1. The highest BCUT2D eigenvalue weighted by atomic mass is 16.5. The Morgan fingerprint density at radius 2 is 2.23 bits per heavy atom. The number of urea groups is 1. The average Bonchev–Trinajstić information content (AvgIpc) is 3.31. The molecule has 0 fully saturated rings. The molecule has 3 atom stereocenters. The Morgan fingerprint density at radius 3 is 2.97 bits per heavy atom.